The van der Waals surface area contributed by atoms with Crippen LogP contribution in [-0.2, 0) is 24.1 Å². The van der Waals surface area contributed by atoms with E-state index in [0.29, 0.717) is 19.6 Å². The number of nitrogens with one attached hydrogen (secondary N) is 1. The Hall–Kier alpha value is -1.62. The Bertz CT molecular complexity index is 940. The lowest BCUT2D eigenvalue weighted by Crippen LogP contribution is -2.44. The number of alkyl carbamates (subject to hydrolysis) is 1. The molecule has 1 unspecified atom stereocenters. The lowest BCUT2D eigenvalue weighted by molar-refractivity contribution is 0.00578. The summed E-state index contributed by atoms with van der Waals surface area (Å²) in [7, 11) is -4.18. The van der Waals surface area contributed by atoms with Crippen LogP contribution in [0.2, 0.25) is 0 Å². The third-order valence-corrected chi connectivity index (χ3v) is 8.34. The maximum atomic E-state index is 13.2. The van der Waals surface area contributed by atoms with Gasteiger partial charge >= 0.3 is 13.2 Å². The molecule has 3 rings (SSSR count). The van der Waals surface area contributed by atoms with Gasteiger partial charge in [0.15, 0.2) is 0 Å². The molecule has 0 aromatic heterocycles. The second-order valence-corrected chi connectivity index (χ2v) is 12.8. The number of carbonyl (C=O) groups is 1. The smallest absolute Gasteiger partial charge is 0.444 e. The van der Waals surface area contributed by atoms with Crippen molar-refractivity contribution in [1.29, 1.82) is 0 Å². The minimum absolute atomic E-state index is 0.0325. The molecule has 0 bridgehead atoms. The lowest BCUT2D eigenvalue weighted by atomic mass is 9.79. The minimum Gasteiger partial charge on any atom is -0.444 e. The number of hydrogen-bond acceptors (Lipinski definition) is 6. The fourth-order valence-corrected chi connectivity index (χ4v) is 5.43. The van der Waals surface area contributed by atoms with Crippen molar-refractivity contribution in [2.24, 2.45) is 5.92 Å². The van der Waals surface area contributed by atoms with Crippen LogP contribution >= 0.6 is 0 Å². The number of benzene rings is 1. The van der Waals surface area contributed by atoms with Gasteiger partial charge in [0.25, 0.3) is 0 Å². The molecule has 1 N–H and O–H groups in total. The minimum atomic E-state index is -3.64. The van der Waals surface area contributed by atoms with E-state index in [1.54, 1.807) is 45.0 Å². The van der Waals surface area contributed by atoms with Crippen LogP contribution in [0.25, 0.3) is 0 Å². The maximum absolute atomic E-state index is 13.2. The van der Waals surface area contributed by atoms with E-state index < -0.39 is 40.0 Å². The molecular weight excluding hydrogens is 443 g/mol. The summed E-state index contributed by atoms with van der Waals surface area (Å²) >= 11 is 0. The number of piperidine rings is 1. The number of ether oxygens (including phenoxy) is 1. The normalized spacial score (nSPS) is 23.4. The topological polar surface area (TPSA) is 94.2 Å². The fourth-order valence-electron chi connectivity index (χ4n) is 3.88. The molecule has 8 nitrogen and oxygen atoms in total. The molecule has 2 saturated heterocycles. The van der Waals surface area contributed by atoms with Gasteiger partial charge < -0.3 is 19.4 Å². The van der Waals surface area contributed by atoms with Gasteiger partial charge in [0.05, 0.1) is 16.1 Å². The summed E-state index contributed by atoms with van der Waals surface area (Å²) < 4.78 is 45.4. The van der Waals surface area contributed by atoms with Crippen molar-refractivity contribution in [2.45, 2.75) is 83.0 Å². The van der Waals surface area contributed by atoms with Gasteiger partial charge in [-0.25, -0.2) is 13.2 Å². The second kappa shape index (κ2) is 9.21. The molecule has 1 amide bonds. The summed E-state index contributed by atoms with van der Waals surface area (Å²) in [6.45, 7) is 14.5. The number of nitrogens with zero attached hydrogens (tertiary/aromatic N) is 1. The molecular formula is C23H37BN2O6S. The van der Waals surface area contributed by atoms with E-state index in [1.165, 1.54) is 4.31 Å². The highest BCUT2D eigenvalue weighted by Gasteiger charge is 2.51. The predicted octanol–water partition coefficient (Wildman–Crippen LogP) is 2.91. The van der Waals surface area contributed by atoms with E-state index in [1.807, 2.05) is 27.7 Å². The van der Waals surface area contributed by atoms with Crippen LogP contribution < -0.4 is 10.8 Å². The van der Waals surface area contributed by atoms with Crippen LogP contribution in [0, 0.1) is 5.92 Å². The Morgan fingerprint density at radius 2 is 1.73 bits per heavy atom. The summed E-state index contributed by atoms with van der Waals surface area (Å²) in [5, 5.41) is 2.76. The SMILES string of the molecule is CC(C)(C)OC(=O)NCC1CCCN(S(=O)(=O)c2ccc(B3OC(C)(C)C(C)(C)O3)cc2)C1. The van der Waals surface area contributed by atoms with Gasteiger partial charge in [-0.05, 0) is 84.8 Å². The number of hydrogen-bond donors (Lipinski definition) is 1. The highest BCUT2D eigenvalue weighted by molar-refractivity contribution is 7.89. The van der Waals surface area contributed by atoms with Crippen molar-refractivity contribution in [3.8, 4) is 0 Å². The second-order valence-electron chi connectivity index (χ2n) is 10.9. The van der Waals surface area contributed by atoms with Crippen molar-refractivity contribution in [3.63, 3.8) is 0 Å². The first-order chi connectivity index (χ1) is 15.1. The monoisotopic (exact) mass is 480 g/mol. The Kier molecular flexibility index (Phi) is 7.25. The quantitative estimate of drug-likeness (QED) is 0.652. The number of carbonyl (C=O) groups excluding carboxylic acids is 1. The summed E-state index contributed by atoms with van der Waals surface area (Å²) in [4.78, 5) is 12.2. The molecule has 1 atom stereocenters. The first-order valence-electron chi connectivity index (χ1n) is 11.5. The first-order valence-corrected chi connectivity index (χ1v) is 13.0. The Morgan fingerprint density at radius 3 is 2.27 bits per heavy atom. The van der Waals surface area contributed by atoms with Gasteiger partial charge in [-0.1, -0.05) is 12.1 Å². The third kappa shape index (κ3) is 6.09. The summed E-state index contributed by atoms with van der Waals surface area (Å²) in [5.41, 5.74) is -0.708. The van der Waals surface area contributed by atoms with Gasteiger partial charge in [-0.3, -0.25) is 0 Å². The zero-order chi connectivity index (χ0) is 24.7. The Morgan fingerprint density at radius 1 is 1.15 bits per heavy atom. The molecule has 2 aliphatic rings. The molecule has 0 spiro atoms. The van der Waals surface area contributed by atoms with Gasteiger partial charge in [0.1, 0.15) is 5.60 Å². The van der Waals surface area contributed by atoms with E-state index >= 15 is 0 Å². The molecule has 2 aliphatic heterocycles. The Labute approximate surface area is 198 Å². The van der Waals surface area contributed by atoms with Crippen molar-refractivity contribution in [3.05, 3.63) is 24.3 Å². The van der Waals surface area contributed by atoms with Gasteiger partial charge in [0.2, 0.25) is 10.0 Å². The molecule has 0 radical (unpaired) electrons. The van der Waals surface area contributed by atoms with E-state index in [4.69, 9.17) is 14.0 Å². The standard InChI is InChI=1S/C23H37BN2O6S/c1-21(2,3)30-20(27)25-15-17-9-8-14-26(16-17)33(28,29)19-12-10-18(11-13-19)24-31-22(4,5)23(6,7)32-24/h10-13,17H,8-9,14-16H2,1-7H3,(H,25,27). The average molecular weight is 480 g/mol. The van der Waals surface area contributed by atoms with Crippen LogP contribution in [0.5, 0.6) is 0 Å². The summed E-state index contributed by atoms with van der Waals surface area (Å²) in [6, 6.07) is 6.72. The zero-order valence-electron chi connectivity index (χ0n) is 20.8. The molecule has 184 valence electrons. The Balaban J connectivity index is 1.63. The number of rotatable bonds is 5. The molecule has 10 heteroatoms. The predicted molar refractivity (Wildman–Crippen MR) is 128 cm³/mol. The summed E-state index contributed by atoms with van der Waals surface area (Å²) in [5.74, 6) is 0.0325. The van der Waals surface area contributed by atoms with Gasteiger partial charge in [0, 0.05) is 19.6 Å². The average Bonchev–Trinajstić information content (AvgIpc) is 2.92. The number of sulfonamides is 1. The van der Waals surface area contributed by atoms with Crippen LogP contribution in [0.4, 0.5) is 4.79 Å². The molecule has 1 aromatic rings. The van der Waals surface area contributed by atoms with E-state index in [2.05, 4.69) is 5.32 Å². The summed E-state index contributed by atoms with van der Waals surface area (Å²) in [6.07, 6.45) is 1.11. The lowest BCUT2D eigenvalue weighted by Gasteiger charge is -2.32. The van der Waals surface area contributed by atoms with Crippen LogP contribution in [-0.4, -0.2) is 62.4 Å². The highest BCUT2D eigenvalue weighted by atomic mass is 32.2. The molecule has 0 aliphatic carbocycles. The molecule has 33 heavy (non-hydrogen) atoms. The largest absolute Gasteiger partial charge is 0.494 e. The first kappa shape index (κ1) is 26.0. The van der Waals surface area contributed by atoms with Crippen molar-refractivity contribution >= 4 is 28.7 Å². The zero-order valence-corrected chi connectivity index (χ0v) is 21.6. The van der Waals surface area contributed by atoms with Crippen LogP contribution in [0.15, 0.2) is 29.2 Å². The molecule has 2 heterocycles. The van der Waals surface area contributed by atoms with Crippen LogP contribution in [0.1, 0.15) is 61.3 Å². The van der Waals surface area contributed by atoms with Gasteiger partial charge in [-0.2, -0.15) is 4.31 Å². The highest BCUT2D eigenvalue weighted by Crippen LogP contribution is 2.36. The van der Waals surface area contributed by atoms with Crippen molar-refractivity contribution in [2.75, 3.05) is 19.6 Å². The fraction of sp³-hybridized carbons (Fsp3) is 0.696. The molecule has 2 fully saturated rings. The van der Waals surface area contributed by atoms with E-state index in [9.17, 15) is 13.2 Å². The maximum Gasteiger partial charge on any atom is 0.494 e. The number of amides is 1. The molecule has 1 aromatic carbocycles. The van der Waals surface area contributed by atoms with Crippen LogP contribution in [0.3, 0.4) is 0 Å². The van der Waals surface area contributed by atoms with E-state index in [-0.39, 0.29) is 10.8 Å². The van der Waals surface area contributed by atoms with Crippen molar-refractivity contribution in [1.82, 2.24) is 9.62 Å². The van der Waals surface area contributed by atoms with Gasteiger partial charge in [-0.15, -0.1) is 0 Å². The van der Waals surface area contributed by atoms with E-state index in [0.717, 1.165) is 18.3 Å². The molecule has 0 saturated carbocycles. The van der Waals surface area contributed by atoms with Crippen molar-refractivity contribution < 1.29 is 27.3 Å². The third-order valence-electron chi connectivity index (χ3n) is 6.46.